The van der Waals surface area contributed by atoms with Crippen LogP contribution in [0.1, 0.15) is 38.2 Å². The number of thiophene rings is 1. The SMILES string of the molecule is CCc1ccc(CC(=O)c2cc(C)ccc2C)s1. The van der Waals surface area contributed by atoms with Gasteiger partial charge in [0.15, 0.2) is 5.78 Å². The third-order valence-electron chi connectivity index (χ3n) is 3.09. The van der Waals surface area contributed by atoms with E-state index in [4.69, 9.17) is 0 Å². The van der Waals surface area contributed by atoms with Gasteiger partial charge < -0.3 is 0 Å². The van der Waals surface area contributed by atoms with Gasteiger partial charge in [0.05, 0.1) is 0 Å². The van der Waals surface area contributed by atoms with Gasteiger partial charge in [0.2, 0.25) is 0 Å². The molecule has 94 valence electrons. The van der Waals surface area contributed by atoms with Gasteiger partial charge in [0, 0.05) is 21.7 Å². The number of rotatable bonds is 4. The maximum Gasteiger partial charge on any atom is 0.168 e. The van der Waals surface area contributed by atoms with Crippen LogP contribution in [0.3, 0.4) is 0 Å². The number of aryl methyl sites for hydroxylation is 3. The van der Waals surface area contributed by atoms with E-state index in [0.29, 0.717) is 6.42 Å². The standard InChI is InChI=1S/C16H18OS/c1-4-13-7-8-14(18-13)10-16(17)15-9-11(2)5-6-12(15)3/h5-9H,4,10H2,1-3H3. The van der Waals surface area contributed by atoms with Gasteiger partial charge in [-0.15, -0.1) is 11.3 Å². The van der Waals surface area contributed by atoms with Crippen molar-refractivity contribution in [2.45, 2.75) is 33.6 Å². The topological polar surface area (TPSA) is 17.1 Å². The molecule has 0 aliphatic heterocycles. The summed E-state index contributed by atoms with van der Waals surface area (Å²) in [6, 6.07) is 10.3. The second-order valence-corrected chi connectivity index (χ2v) is 5.89. The fraction of sp³-hybridized carbons (Fsp3) is 0.312. The first-order valence-corrected chi connectivity index (χ1v) is 7.10. The number of hydrogen-bond donors (Lipinski definition) is 0. The minimum atomic E-state index is 0.223. The summed E-state index contributed by atoms with van der Waals surface area (Å²) in [6.07, 6.45) is 1.57. The van der Waals surface area contributed by atoms with Crippen molar-refractivity contribution < 1.29 is 4.79 Å². The van der Waals surface area contributed by atoms with Gasteiger partial charge in [0.25, 0.3) is 0 Å². The van der Waals surface area contributed by atoms with E-state index in [0.717, 1.165) is 28.0 Å². The maximum absolute atomic E-state index is 12.3. The summed E-state index contributed by atoms with van der Waals surface area (Å²) in [5.41, 5.74) is 3.07. The third kappa shape index (κ3) is 2.88. The molecule has 0 aliphatic rings. The molecule has 2 heteroatoms. The Hall–Kier alpha value is -1.41. The lowest BCUT2D eigenvalue weighted by Crippen LogP contribution is -2.04. The number of carbonyl (C=O) groups is 1. The van der Waals surface area contributed by atoms with Crippen LogP contribution in [0.15, 0.2) is 30.3 Å². The van der Waals surface area contributed by atoms with Gasteiger partial charge in [-0.3, -0.25) is 4.79 Å². The van der Waals surface area contributed by atoms with Gasteiger partial charge in [-0.25, -0.2) is 0 Å². The molecule has 0 aliphatic carbocycles. The molecule has 18 heavy (non-hydrogen) atoms. The smallest absolute Gasteiger partial charge is 0.168 e. The van der Waals surface area contributed by atoms with Crippen molar-refractivity contribution in [3.8, 4) is 0 Å². The van der Waals surface area contributed by atoms with E-state index >= 15 is 0 Å². The minimum absolute atomic E-state index is 0.223. The fourth-order valence-corrected chi connectivity index (χ4v) is 2.95. The second kappa shape index (κ2) is 5.49. The first kappa shape index (κ1) is 13.0. The summed E-state index contributed by atoms with van der Waals surface area (Å²) in [5.74, 6) is 0.223. The second-order valence-electron chi connectivity index (χ2n) is 4.64. The summed E-state index contributed by atoms with van der Waals surface area (Å²) in [4.78, 5) is 14.8. The van der Waals surface area contributed by atoms with E-state index in [1.165, 1.54) is 4.88 Å². The van der Waals surface area contributed by atoms with Gasteiger partial charge in [-0.2, -0.15) is 0 Å². The molecule has 1 nitrogen and oxygen atoms in total. The van der Waals surface area contributed by atoms with Crippen LogP contribution in [0.4, 0.5) is 0 Å². The van der Waals surface area contributed by atoms with Crippen LogP contribution in [-0.2, 0) is 12.8 Å². The molecular formula is C16H18OS. The van der Waals surface area contributed by atoms with Crippen molar-refractivity contribution in [3.05, 3.63) is 56.8 Å². The zero-order valence-electron chi connectivity index (χ0n) is 11.1. The van der Waals surface area contributed by atoms with Crippen LogP contribution in [-0.4, -0.2) is 5.78 Å². The molecule has 0 saturated carbocycles. The van der Waals surface area contributed by atoms with E-state index in [2.05, 4.69) is 19.1 Å². The summed E-state index contributed by atoms with van der Waals surface area (Å²) < 4.78 is 0. The number of Topliss-reactive ketones (excluding diaryl/α,β-unsaturated/α-hetero) is 1. The lowest BCUT2D eigenvalue weighted by Gasteiger charge is -2.05. The molecule has 0 spiro atoms. The Kier molecular flexibility index (Phi) is 3.97. The molecular weight excluding hydrogens is 240 g/mol. The van der Waals surface area contributed by atoms with Gasteiger partial charge in [-0.05, 0) is 44.0 Å². The third-order valence-corrected chi connectivity index (χ3v) is 4.32. The molecule has 0 amide bonds. The minimum Gasteiger partial charge on any atom is -0.294 e. The first-order valence-electron chi connectivity index (χ1n) is 6.28. The molecule has 0 bridgehead atoms. The Labute approximate surface area is 112 Å². The zero-order chi connectivity index (χ0) is 13.1. The van der Waals surface area contributed by atoms with Crippen LogP contribution in [0.5, 0.6) is 0 Å². The van der Waals surface area contributed by atoms with Crippen LogP contribution in [0, 0.1) is 13.8 Å². The Balaban J connectivity index is 2.19. The van der Waals surface area contributed by atoms with Crippen molar-refractivity contribution >= 4 is 17.1 Å². The average molecular weight is 258 g/mol. The highest BCUT2D eigenvalue weighted by Crippen LogP contribution is 2.20. The van der Waals surface area contributed by atoms with Gasteiger partial charge in [0.1, 0.15) is 0 Å². The normalized spacial score (nSPS) is 10.6. The maximum atomic E-state index is 12.3. The molecule has 0 unspecified atom stereocenters. The summed E-state index contributed by atoms with van der Waals surface area (Å²) in [7, 11) is 0. The van der Waals surface area contributed by atoms with Gasteiger partial charge in [-0.1, -0.05) is 24.6 Å². The molecule has 0 radical (unpaired) electrons. The monoisotopic (exact) mass is 258 g/mol. The van der Waals surface area contributed by atoms with E-state index in [-0.39, 0.29) is 5.78 Å². The van der Waals surface area contributed by atoms with E-state index < -0.39 is 0 Å². The Morgan fingerprint density at radius 2 is 1.83 bits per heavy atom. The first-order chi connectivity index (χ1) is 8.60. The van der Waals surface area contributed by atoms with E-state index in [1.807, 2.05) is 32.0 Å². The summed E-state index contributed by atoms with van der Waals surface area (Å²) >= 11 is 1.75. The summed E-state index contributed by atoms with van der Waals surface area (Å²) in [6.45, 7) is 6.16. The van der Waals surface area contributed by atoms with Crippen LogP contribution in [0.25, 0.3) is 0 Å². The van der Waals surface area contributed by atoms with Crippen molar-refractivity contribution in [1.82, 2.24) is 0 Å². The molecule has 0 saturated heterocycles. The predicted octanol–water partition coefficient (Wildman–Crippen LogP) is 4.35. The zero-order valence-corrected chi connectivity index (χ0v) is 11.9. The number of benzene rings is 1. The van der Waals surface area contributed by atoms with Crippen LogP contribution in [0.2, 0.25) is 0 Å². The van der Waals surface area contributed by atoms with Crippen LogP contribution >= 0.6 is 11.3 Å². The highest BCUT2D eigenvalue weighted by atomic mass is 32.1. The predicted molar refractivity (Wildman–Crippen MR) is 77.6 cm³/mol. The highest BCUT2D eigenvalue weighted by Gasteiger charge is 2.11. The lowest BCUT2D eigenvalue weighted by atomic mass is 10.00. The molecule has 1 aromatic carbocycles. The fourth-order valence-electron chi connectivity index (χ4n) is 2.00. The largest absolute Gasteiger partial charge is 0.294 e. The Morgan fingerprint density at radius 1 is 1.11 bits per heavy atom. The molecule has 0 atom stereocenters. The molecule has 0 N–H and O–H groups in total. The highest BCUT2D eigenvalue weighted by molar-refractivity contribution is 7.12. The van der Waals surface area contributed by atoms with Crippen molar-refractivity contribution in [2.24, 2.45) is 0 Å². The molecule has 0 fully saturated rings. The molecule has 1 heterocycles. The lowest BCUT2D eigenvalue weighted by molar-refractivity contribution is 0.0993. The quantitative estimate of drug-likeness (QED) is 0.745. The van der Waals surface area contributed by atoms with E-state index in [1.54, 1.807) is 11.3 Å². The number of carbonyl (C=O) groups excluding carboxylic acids is 1. The molecule has 2 aromatic rings. The van der Waals surface area contributed by atoms with Crippen LogP contribution < -0.4 is 0 Å². The average Bonchev–Trinajstić information content (AvgIpc) is 2.80. The van der Waals surface area contributed by atoms with Crippen molar-refractivity contribution in [1.29, 1.82) is 0 Å². The van der Waals surface area contributed by atoms with Gasteiger partial charge >= 0.3 is 0 Å². The van der Waals surface area contributed by atoms with Crippen molar-refractivity contribution in [2.75, 3.05) is 0 Å². The van der Waals surface area contributed by atoms with E-state index in [9.17, 15) is 4.79 Å². The Morgan fingerprint density at radius 3 is 2.50 bits per heavy atom. The molecule has 2 rings (SSSR count). The number of hydrogen-bond acceptors (Lipinski definition) is 2. The number of ketones is 1. The Bertz CT molecular complexity index is 566. The van der Waals surface area contributed by atoms with Crippen molar-refractivity contribution in [3.63, 3.8) is 0 Å². The summed E-state index contributed by atoms with van der Waals surface area (Å²) in [5, 5.41) is 0. The molecule has 1 aromatic heterocycles.